The zero-order valence-electron chi connectivity index (χ0n) is 16.2. The summed E-state index contributed by atoms with van der Waals surface area (Å²) >= 11 is 5.94. The zero-order chi connectivity index (χ0) is 20.9. The van der Waals surface area contributed by atoms with Crippen LogP contribution in [0.5, 0.6) is 0 Å². The highest BCUT2D eigenvalue weighted by Crippen LogP contribution is 2.32. The molecule has 1 atom stereocenters. The van der Waals surface area contributed by atoms with Gasteiger partial charge < -0.3 is 9.73 Å². The van der Waals surface area contributed by atoms with E-state index in [0.717, 1.165) is 16.0 Å². The maximum atomic E-state index is 13.2. The van der Waals surface area contributed by atoms with Gasteiger partial charge in [-0.2, -0.15) is 0 Å². The largest absolute Gasteiger partial charge is 0.422 e. The smallest absolute Gasteiger partial charge is 0.336 e. The molecular weight excluding hydrogens is 392 g/mol. The lowest BCUT2D eigenvalue weighted by Gasteiger charge is -2.22. The van der Waals surface area contributed by atoms with Gasteiger partial charge in [0.15, 0.2) is 0 Å². The molecule has 1 aromatic heterocycles. The Balaban J connectivity index is 1.75. The van der Waals surface area contributed by atoms with Crippen molar-refractivity contribution in [3.8, 4) is 0 Å². The fraction of sp³-hybridized carbons (Fsp3) is 0.227. The van der Waals surface area contributed by atoms with Gasteiger partial charge in [0.2, 0.25) is 0 Å². The van der Waals surface area contributed by atoms with Crippen LogP contribution >= 0.6 is 11.6 Å². The Hall–Kier alpha value is -3.12. The molecule has 3 aromatic rings. The first-order valence-electron chi connectivity index (χ1n) is 9.14. The van der Waals surface area contributed by atoms with E-state index in [2.05, 4.69) is 5.32 Å². The summed E-state index contributed by atoms with van der Waals surface area (Å²) in [5, 5.41) is 4.01. The summed E-state index contributed by atoms with van der Waals surface area (Å²) in [6, 6.07) is 11.3. The Morgan fingerprint density at radius 2 is 1.76 bits per heavy atom. The number of fused-ring (bicyclic) bond motifs is 1. The summed E-state index contributed by atoms with van der Waals surface area (Å²) < 4.78 is 5.38. The van der Waals surface area contributed by atoms with Crippen LogP contribution in [-0.2, 0) is 16.9 Å². The van der Waals surface area contributed by atoms with Crippen LogP contribution < -0.4 is 10.9 Å². The molecular formula is C22H19ClN2O4. The number of nitrogens with one attached hydrogen (secondary N) is 1. The number of hydrogen-bond donors (Lipinski definition) is 1. The Kier molecular flexibility index (Phi) is 4.46. The topological polar surface area (TPSA) is 79.6 Å². The van der Waals surface area contributed by atoms with Crippen LogP contribution in [0.25, 0.3) is 11.0 Å². The Labute approximate surface area is 172 Å². The Morgan fingerprint density at radius 1 is 1.07 bits per heavy atom. The molecule has 29 heavy (non-hydrogen) atoms. The molecule has 1 saturated heterocycles. The van der Waals surface area contributed by atoms with Gasteiger partial charge in [-0.3, -0.25) is 9.69 Å². The third-order valence-corrected chi connectivity index (χ3v) is 5.79. The molecule has 1 N–H and O–H groups in total. The molecule has 2 heterocycles. The van der Waals surface area contributed by atoms with Gasteiger partial charge in [-0.15, -0.1) is 0 Å². The number of halogens is 1. The highest BCUT2D eigenvalue weighted by atomic mass is 35.5. The van der Waals surface area contributed by atoms with Gasteiger partial charge in [-0.25, -0.2) is 9.59 Å². The molecule has 0 spiro atoms. The molecule has 0 radical (unpaired) electrons. The van der Waals surface area contributed by atoms with Crippen LogP contribution in [0, 0.1) is 13.8 Å². The number of benzene rings is 2. The first-order chi connectivity index (χ1) is 13.7. The van der Waals surface area contributed by atoms with Gasteiger partial charge >= 0.3 is 11.7 Å². The molecule has 1 aliphatic rings. The number of carbonyl (C=O) groups excluding carboxylic acids is 2. The zero-order valence-corrected chi connectivity index (χ0v) is 17.0. The number of imide groups is 1. The standard InChI is InChI=1S/C22H19ClN2O4/c1-12-4-9-17-14(10-18(26)29-19(17)13(12)2)11-25-20(27)22(3,24-21(25)28)15-5-7-16(23)8-6-15/h4-10H,11H2,1-3H3,(H,24,28)/t22-/m1/s1. The van der Waals surface area contributed by atoms with Gasteiger partial charge in [0.05, 0.1) is 6.54 Å². The lowest BCUT2D eigenvalue weighted by Crippen LogP contribution is -2.40. The van der Waals surface area contributed by atoms with E-state index in [1.54, 1.807) is 31.2 Å². The third kappa shape index (κ3) is 3.09. The normalized spacial score (nSPS) is 19.1. The van der Waals surface area contributed by atoms with Crippen LogP contribution in [0.4, 0.5) is 4.79 Å². The fourth-order valence-corrected chi connectivity index (χ4v) is 3.77. The number of nitrogens with zero attached hydrogens (tertiary/aromatic N) is 1. The fourth-order valence-electron chi connectivity index (χ4n) is 3.65. The summed E-state index contributed by atoms with van der Waals surface area (Å²) in [5.41, 5.74) is 1.78. The molecule has 1 fully saturated rings. The van der Waals surface area contributed by atoms with Crippen LogP contribution in [0.2, 0.25) is 5.02 Å². The maximum absolute atomic E-state index is 13.2. The van der Waals surface area contributed by atoms with E-state index in [9.17, 15) is 14.4 Å². The SMILES string of the molecule is Cc1ccc2c(CN3C(=O)N[C@](C)(c4ccc(Cl)cc4)C3=O)cc(=O)oc2c1C. The van der Waals surface area contributed by atoms with Crippen molar-refractivity contribution < 1.29 is 14.0 Å². The maximum Gasteiger partial charge on any atom is 0.336 e. The van der Waals surface area contributed by atoms with Gasteiger partial charge in [0.25, 0.3) is 5.91 Å². The van der Waals surface area contributed by atoms with E-state index < -0.39 is 23.1 Å². The average Bonchev–Trinajstić information content (AvgIpc) is 2.89. The second-order valence-electron chi connectivity index (χ2n) is 7.43. The first-order valence-corrected chi connectivity index (χ1v) is 9.51. The number of urea groups is 1. The number of aryl methyl sites for hydroxylation is 2. The highest BCUT2D eigenvalue weighted by molar-refractivity contribution is 6.30. The lowest BCUT2D eigenvalue weighted by atomic mass is 9.92. The van der Waals surface area contributed by atoms with Crippen molar-refractivity contribution in [2.45, 2.75) is 32.9 Å². The van der Waals surface area contributed by atoms with Crippen LogP contribution in [0.3, 0.4) is 0 Å². The molecule has 0 bridgehead atoms. The Bertz CT molecular complexity index is 1220. The van der Waals surface area contributed by atoms with Crippen molar-refractivity contribution in [3.05, 3.63) is 80.2 Å². The quantitative estimate of drug-likeness (QED) is 0.522. The predicted octanol–water partition coefficient (Wildman–Crippen LogP) is 4.03. The lowest BCUT2D eigenvalue weighted by molar-refractivity contribution is -0.131. The summed E-state index contributed by atoms with van der Waals surface area (Å²) in [4.78, 5) is 39.1. The number of hydrogen-bond acceptors (Lipinski definition) is 4. The van der Waals surface area contributed by atoms with E-state index in [4.69, 9.17) is 16.0 Å². The molecule has 148 valence electrons. The molecule has 4 rings (SSSR count). The van der Waals surface area contributed by atoms with E-state index in [-0.39, 0.29) is 6.54 Å². The number of amides is 3. The third-order valence-electron chi connectivity index (χ3n) is 5.54. The van der Waals surface area contributed by atoms with Gasteiger partial charge in [0.1, 0.15) is 11.1 Å². The van der Waals surface area contributed by atoms with E-state index >= 15 is 0 Å². The van der Waals surface area contributed by atoms with Crippen molar-refractivity contribution >= 4 is 34.5 Å². The van der Waals surface area contributed by atoms with Crippen LogP contribution in [0.1, 0.15) is 29.2 Å². The summed E-state index contributed by atoms with van der Waals surface area (Å²) in [6.07, 6.45) is 0. The van der Waals surface area contributed by atoms with Crippen molar-refractivity contribution in [3.63, 3.8) is 0 Å². The van der Waals surface area contributed by atoms with E-state index in [0.29, 0.717) is 27.1 Å². The molecule has 0 saturated carbocycles. The van der Waals surface area contributed by atoms with Gasteiger partial charge in [-0.05, 0) is 55.2 Å². The van der Waals surface area contributed by atoms with E-state index in [1.807, 2.05) is 26.0 Å². The highest BCUT2D eigenvalue weighted by Gasteiger charge is 2.49. The molecule has 7 heteroatoms. The summed E-state index contributed by atoms with van der Waals surface area (Å²) in [7, 11) is 0. The molecule has 2 aromatic carbocycles. The van der Waals surface area contributed by atoms with Gasteiger partial charge in [-0.1, -0.05) is 35.9 Å². The minimum atomic E-state index is -1.20. The second-order valence-corrected chi connectivity index (χ2v) is 7.86. The van der Waals surface area contributed by atoms with E-state index in [1.165, 1.54) is 6.07 Å². The molecule has 0 aliphatic carbocycles. The molecule has 1 aliphatic heterocycles. The molecule has 0 unspecified atom stereocenters. The van der Waals surface area contributed by atoms with Crippen molar-refractivity contribution in [2.24, 2.45) is 0 Å². The van der Waals surface area contributed by atoms with Crippen molar-refractivity contribution in [1.29, 1.82) is 0 Å². The molecule has 3 amide bonds. The van der Waals surface area contributed by atoms with Gasteiger partial charge in [0, 0.05) is 16.5 Å². The van der Waals surface area contributed by atoms with Crippen molar-refractivity contribution in [1.82, 2.24) is 10.2 Å². The monoisotopic (exact) mass is 410 g/mol. The van der Waals surface area contributed by atoms with Crippen molar-refractivity contribution in [2.75, 3.05) is 0 Å². The average molecular weight is 411 g/mol. The van der Waals surface area contributed by atoms with Crippen LogP contribution in [0.15, 0.2) is 51.7 Å². The summed E-state index contributed by atoms with van der Waals surface area (Å²) in [6.45, 7) is 5.42. The second kappa shape index (κ2) is 6.74. The Morgan fingerprint density at radius 3 is 2.45 bits per heavy atom. The number of carbonyl (C=O) groups is 2. The number of rotatable bonds is 3. The minimum absolute atomic E-state index is 0.0293. The molecule has 6 nitrogen and oxygen atoms in total. The summed E-state index contributed by atoms with van der Waals surface area (Å²) in [5.74, 6) is -0.393. The first kappa shape index (κ1) is 19.2. The predicted molar refractivity (Wildman–Crippen MR) is 110 cm³/mol. The minimum Gasteiger partial charge on any atom is -0.422 e. The van der Waals surface area contributed by atoms with Crippen LogP contribution in [-0.4, -0.2) is 16.8 Å².